The first kappa shape index (κ1) is 13.7. The third kappa shape index (κ3) is 2.51. The summed E-state index contributed by atoms with van der Waals surface area (Å²) >= 11 is 0. The highest BCUT2D eigenvalue weighted by molar-refractivity contribution is 5.95. The topological polar surface area (TPSA) is 46.3 Å². The first-order chi connectivity index (χ1) is 10.2. The molecule has 0 unspecified atom stereocenters. The van der Waals surface area contributed by atoms with Crippen molar-refractivity contribution in [3.05, 3.63) is 64.7 Å². The normalized spacial score (nSPS) is 13.9. The maximum Gasteiger partial charge on any atom is 0.254 e. The highest BCUT2D eigenvalue weighted by Crippen LogP contribution is 2.25. The first-order valence-electron chi connectivity index (χ1n) is 7.44. The summed E-state index contributed by atoms with van der Waals surface area (Å²) < 4.78 is 0. The number of anilines is 1. The molecule has 1 heterocycles. The number of benzene rings is 2. The van der Waals surface area contributed by atoms with E-state index in [1.54, 1.807) is 0 Å². The molecule has 3 nitrogen and oxygen atoms in total. The zero-order chi connectivity index (χ0) is 14.8. The smallest absolute Gasteiger partial charge is 0.254 e. The third-order valence-corrected chi connectivity index (χ3v) is 4.22. The Morgan fingerprint density at radius 3 is 2.81 bits per heavy atom. The molecule has 0 aromatic heterocycles. The minimum absolute atomic E-state index is 0.125. The average Bonchev–Trinajstić information content (AvgIpc) is 2.54. The van der Waals surface area contributed by atoms with E-state index in [0.29, 0.717) is 6.54 Å². The van der Waals surface area contributed by atoms with Crippen molar-refractivity contribution in [1.29, 1.82) is 0 Å². The van der Waals surface area contributed by atoms with Gasteiger partial charge in [0.25, 0.3) is 5.91 Å². The summed E-state index contributed by atoms with van der Waals surface area (Å²) in [5.74, 6) is 0.125. The van der Waals surface area contributed by atoms with Gasteiger partial charge in [-0.2, -0.15) is 0 Å². The fourth-order valence-electron chi connectivity index (χ4n) is 3.02. The van der Waals surface area contributed by atoms with Gasteiger partial charge in [0, 0.05) is 24.3 Å². The highest BCUT2D eigenvalue weighted by Gasteiger charge is 2.23. The van der Waals surface area contributed by atoms with Crippen molar-refractivity contribution in [1.82, 2.24) is 4.90 Å². The molecular weight excluding hydrogens is 260 g/mol. The number of aryl methyl sites for hydroxylation is 1. The number of hydrogen-bond donors (Lipinski definition) is 1. The van der Waals surface area contributed by atoms with Crippen molar-refractivity contribution in [3.63, 3.8) is 0 Å². The van der Waals surface area contributed by atoms with Gasteiger partial charge in [-0.1, -0.05) is 37.3 Å². The standard InChI is InChI=1S/C18H20N2O/c1-2-13-6-3-4-8-16(13)18(21)20-11-10-15-14(12-20)7-5-9-17(15)19/h3-9H,2,10-12,19H2,1H3. The van der Waals surface area contributed by atoms with E-state index in [1.807, 2.05) is 41.3 Å². The summed E-state index contributed by atoms with van der Waals surface area (Å²) in [6.07, 6.45) is 1.71. The van der Waals surface area contributed by atoms with Crippen LogP contribution in [0.4, 0.5) is 5.69 Å². The van der Waals surface area contributed by atoms with E-state index in [9.17, 15) is 4.79 Å². The zero-order valence-electron chi connectivity index (χ0n) is 12.3. The van der Waals surface area contributed by atoms with E-state index in [-0.39, 0.29) is 5.91 Å². The summed E-state index contributed by atoms with van der Waals surface area (Å²) in [5.41, 5.74) is 11.2. The lowest BCUT2D eigenvalue weighted by atomic mass is 9.96. The first-order valence-corrected chi connectivity index (χ1v) is 7.44. The molecular formula is C18H20N2O. The van der Waals surface area contributed by atoms with E-state index < -0.39 is 0 Å². The predicted octanol–water partition coefficient (Wildman–Crippen LogP) is 3.03. The largest absolute Gasteiger partial charge is 0.398 e. The van der Waals surface area contributed by atoms with Crippen LogP contribution in [-0.4, -0.2) is 17.4 Å². The SMILES string of the molecule is CCc1ccccc1C(=O)N1CCc2c(N)cccc2C1. The van der Waals surface area contributed by atoms with Gasteiger partial charge in [0.1, 0.15) is 0 Å². The van der Waals surface area contributed by atoms with Crippen LogP contribution in [0, 0.1) is 0 Å². The van der Waals surface area contributed by atoms with Crippen molar-refractivity contribution in [3.8, 4) is 0 Å². The van der Waals surface area contributed by atoms with Crippen molar-refractivity contribution < 1.29 is 4.79 Å². The van der Waals surface area contributed by atoms with E-state index in [2.05, 4.69) is 13.0 Å². The van der Waals surface area contributed by atoms with Crippen molar-refractivity contribution in [2.24, 2.45) is 0 Å². The monoisotopic (exact) mass is 280 g/mol. The second-order valence-electron chi connectivity index (χ2n) is 5.47. The Kier molecular flexibility index (Phi) is 3.65. The fraction of sp³-hybridized carbons (Fsp3) is 0.278. The van der Waals surface area contributed by atoms with Gasteiger partial charge in [0.2, 0.25) is 0 Å². The van der Waals surface area contributed by atoms with Crippen LogP contribution in [0.1, 0.15) is 34.0 Å². The van der Waals surface area contributed by atoms with Crippen LogP contribution in [-0.2, 0) is 19.4 Å². The Bertz CT molecular complexity index is 679. The molecule has 2 N–H and O–H groups in total. The molecule has 1 amide bonds. The molecule has 3 heteroatoms. The van der Waals surface area contributed by atoms with Gasteiger partial charge in [-0.05, 0) is 41.7 Å². The summed E-state index contributed by atoms with van der Waals surface area (Å²) in [6.45, 7) is 3.47. The minimum Gasteiger partial charge on any atom is -0.398 e. The number of fused-ring (bicyclic) bond motifs is 1. The van der Waals surface area contributed by atoms with Gasteiger partial charge in [0.15, 0.2) is 0 Å². The molecule has 0 atom stereocenters. The Morgan fingerprint density at radius 1 is 1.19 bits per heavy atom. The molecule has 0 bridgehead atoms. The van der Waals surface area contributed by atoms with Crippen LogP contribution in [0.2, 0.25) is 0 Å². The predicted molar refractivity (Wildman–Crippen MR) is 85.1 cm³/mol. The molecule has 0 saturated heterocycles. The van der Waals surface area contributed by atoms with Crippen LogP contribution < -0.4 is 5.73 Å². The number of hydrogen-bond acceptors (Lipinski definition) is 2. The number of carbonyl (C=O) groups excluding carboxylic acids is 1. The number of nitrogens with two attached hydrogens (primary N) is 1. The molecule has 1 aliphatic heterocycles. The molecule has 0 saturated carbocycles. The maximum atomic E-state index is 12.8. The van der Waals surface area contributed by atoms with Crippen molar-refractivity contribution in [2.45, 2.75) is 26.3 Å². The number of amides is 1. The maximum absolute atomic E-state index is 12.8. The van der Waals surface area contributed by atoms with Gasteiger partial charge in [-0.3, -0.25) is 4.79 Å². The summed E-state index contributed by atoms with van der Waals surface area (Å²) in [4.78, 5) is 14.7. The highest BCUT2D eigenvalue weighted by atomic mass is 16.2. The molecule has 1 aliphatic rings. The van der Waals surface area contributed by atoms with Gasteiger partial charge in [0.05, 0.1) is 0 Å². The third-order valence-electron chi connectivity index (χ3n) is 4.22. The van der Waals surface area contributed by atoms with Crippen molar-refractivity contribution >= 4 is 11.6 Å². The lowest BCUT2D eigenvalue weighted by molar-refractivity contribution is 0.0734. The van der Waals surface area contributed by atoms with Gasteiger partial charge >= 0.3 is 0 Å². The quantitative estimate of drug-likeness (QED) is 0.859. The number of nitrogen functional groups attached to an aromatic ring is 1. The number of rotatable bonds is 2. The van der Waals surface area contributed by atoms with E-state index in [4.69, 9.17) is 5.73 Å². The van der Waals surface area contributed by atoms with E-state index in [0.717, 1.165) is 36.2 Å². The Hall–Kier alpha value is -2.29. The molecule has 2 aromatic rings. The molecule has 0 radical (unpaired) electrons. The summed E-state index contributed by atoms with van der Waals surface area (Å²) in [7, 11) is 0. The number of nitrogens with zero attached hydrogens (tertiary/aromatic N) is 1. The van der Waals surface area contributed by atoms with E-state index >= 15 is 0 Å². The van der Waals surface area contributed by atoms with Crippen molar-refractivity contribution in [2.75, 3.05) is 12.3 Å². The van der Waals surface area contributed by atoms with Crippen LogP contribution in [0.15, 0.2) is 42.5 Å². The van der Waals surface area contributed by atoms with Gasteiger partial charge in [-0.15, -0.1) is 0 Å². The molecule has 108 valence electrons. The fourth-order valence-corrected chi connectivity index (χ4v) is 3.02. The van der Waals surface area contributed by atoms with E-state index in [1.165, 1.54) is 11.1 Å². The summed E-state index contributed by atoms with van der Waals surface area (Å²) in [5, 5.41) is 0. The minimum atomic E-state index is 0.125. The lowest BCUT2D eigenvalue weighted by Gasteiger charge is -2.30. The Labute approximate surface area is 125 Å². The van der Waals surface area contributed by atoms with Crippen LogP contribution >= 0.6 is 0 Å². The molecule has 0 spiro atoms. The Morgan fingerprint density at radius 2 is 2.00 bits per heavy atom. The van der Waals surface area contributed by atoms with Crippen LogP contribution in [0.5, 0.6) is 0 Å². The summed E-state index contributed by atoms with van der Waals surface area (Å²) in [6, 6.07) is 13.8. The molecule has 3 rings (SSSR count). The molecule has 0 fully saturated rings. The van der Waals surface area contributed by atoms with Crippen LogP contribution in [0.25, 0.3) is 0 Å². The Balaban J connectivity index is 1.88. The second-order valence-corrected chi connectivity index (χ2v) is 5.47. The molecule has 21 heavy (non-hydrogen) atoms. The zero-order valence-corrected chi connectivity index (χ0v) is 12.3. The average molecular weight is 280 g/mol. The molecule has 0 aliphatic carbocycles. The lowest BCUT2D eigenvalue weighted by Crippen LogP contribution is -2.36. The second kappa shape index (κ2) is 5.60. The molecule has 2 aromatic carbocycles. The number of carbonyl (C=O) groups is 1. The van der Waals surface area contributed by atoms with Gasteiger partial charge in [-0.25, -0.2) is 0 Å². The van der Waals surface area contributed by atoms with Gasteiger partial charge < -0.3 is 10.6 Å². The van der Waals surface area contributed by atoms with Crippen LogP contribution in [0.3, 0.4) is 0 Å².